The molecule has 0 atom stereocenters. The van der Waals surface area contributed by atoms with Gasteiger partial charge in [-0.1, -0.05) is 6.07 Å². The molecule has 100 valence electrons. The minimum atomic E-state index is -0.0457. The maximum atomic E-state index is 11.1. The standard InChI is InChI=1S/C13H19ClN2O2/c1-16(2)11-4-3-5-12(10-11)18-9-8-15-13(17)6-7-14/h3-5,10H,6-9H2,1-2H3,(H,15,17). The zero-order valence-electron chi connectivity index (χ0n) is 10.8. The third kappa shape index (κ3) is 5.27. The van der Waals surface area contributed by atoms with Gasteiger partial charge in [0, 0.05) is 38.1 Å². The fourth-order valence-corrected chi connectivity index (χ4v) is 1.56. The first-order chi connectivity index (χ1) is 8.63. The Morgan fingerprint density at radius 1 is 1.44 bits per heavy atom. The summed E-state index contributed by atoms with van der Waals surface area (Å²) in [5.41, 5.74) is 1.08. The molecule has 0 unspecified atom stereocenters. The number of carbonyl (C=O) groups is 1. The van der Waals surface area contributed by atoms with Gasteiger partial charge in [-0.15, -0.1) is 11.6 Å². The summed E-state index contributed by atoms with van der Waals surface area (Å²) in [7, 11) is 3.96. The van der Waals surface area contributed by atoms with Crippen molar-refractivity contribution in [3.05, 3.63) is 24.3 Å². The van der Waals surface area contributed by atoms with E-state index in [9.17, 15) is 4.79 Å². The zero-order valence-corrected chi connectivity index (χ0v) is 11.5. The van der Waals surface area contributed by atoms with E-state index in [4.69, 9.17) is 16.3 Å². The maximum absolute atomic E-state index is 11.1. The molecule has 0 fully saturated rings. The Morgan fingerprint density at radius 3 is 2.89 bits per heavy atom. The van der Waals surface area contributed by atoms with Gasteiger partial charge in [0.25, 0.3) is 0 Å². The normalized spacial score (nSPS) is 9.94. The molecule has 5 heteroatoms. The first-order valence-corrected chi connectivity index (χ1v) is 6.40. The van der Waals surface area contributed by atoms with Gasteiger partial charge in [0.2, 0.25) is 5.91 Å². The highest BCUT2D eigenvalue weighted by Crippen LogP contribution is 2.18. The van der Waals surface area contributed by atoms with E-state index in [-0.39, 0.29) is 5.91 Å². The molecule has 0 saturated heterocycles. The smallest absolute Gasteiger partial charge is 0.221 e. The second kappa shape index (κ2) is 7.82. The zero-order chi connectivity index (χ0) is 13.4. The lowest BCUT2D eigenvalue weighted by atomic mass is 10.3. The Hall–Kier alpha value is -1.42. The molecule has 1 N–H and O–H groups in total. The van der Waals surface area contributed by atoms with Gasteiger partial charge in [0.1, 0.15) is 12.4 Å². The molecule has 0 aliphatic rings. The topological polar surface area (TPSA) is 41.6 Å². The molecule has 4 nitrogen and oxygen atoms in total. The number of halogens is 1. The lowest BCUT2D eigenvalue weighted by Gasteiger charge is -2.14. The van der Waals surface area contributed by atoms with Crippen LogP contribution in [-0.2, 0) is 4.79 Å². The minimum Gasteiger partial charge on any atom is -0.492 e. The summed E-state index contributed by atoms with van der Waals surface area (Å²) in [6, 6.07) is 7.81. The van der Waals surface area contributed by atoms with Crippen LogP contribution in [0.15, 0.2) is 24.3 Å². The van der Waals surface area contributed by atoms with Gasteiger partial charge in [-0.05, 0) is 12.1 Å². The number of hydrogen-bond acceptors (Lipinski definition) is 3. The summed E-state index contributed by atoms with van der Waals surface area (Å²) in [4.78, 5) is 13.1. The SMILES string of the molecule is CN(C)c1cccc(OCCNC(=O)CCCl)c1. The van der Waals surface area contributed by atoms with Crippen molar-refractivity contribution in [2.75, 3.05) is 38.0 Å². The molecule has 0 aromatic heterocycles. The Labute approximate surface area is 113 Å². The predicted molar refractivity (Wildman–Crippen MR) is 74.6 cm³/mol. The van der Waals surface area contributed by atoms with Gasteiger partial charge >= 0.3 is 0 Å². The van der Waals surface area contributed by atoms with Gasteiger partial charge in [0.05, 0.1) is 6.54 Å². The van der Waals surface area contributed by atoms with E-state index >= 15 is 0 Å². The number of ether oxygens (including phenoxy) is 1. The number of amides is 1. The van der Waals surface area contributed by atoms with Crippen LogP contribution in [0, 0.1) is 0 Å². The Kier molecular flexibility index (Phi) is 6.36. The van der Waals surface area contributed by atoms with E-state index in [1.807, 2.05) is 43.3 Å². The third-order valence-electron chi connectivity index (χ3n) is 2.35. The maximum Gasteiger partial charge on any atom is 0.221 e. The van der Waals surface area contributed by atoms with Gasteiger partial charge in [-0.25, -0.2) is 0 Å². The number of anilines is 1. The lowest BCUT2D eigenvalue weighted by Crippen LogP contribution is -2.28. The van der Waals surface area contributed by atoms with Crippen molar-refractivity contribution in [1.82, 2.24) is 5.32 Å². The fraction of sp³-hybridized carbons (Fsp3) is 0.462. The highest BCUT2D eigenvalue weighted by molar-refractivity contribution is 6.18. The molecule has 1 aromatic carbocycles. The lowest BCUT2D eigenvalue weighted by molar-refractivity contribution is -0.120. The molecule has 0 saturated carbocycles. The third-order valence-corrected chi connectivity index (χ3v) is 2.54. The molecule has 1 aromatic rings. The van der Waals surface area contributed by atoms with Crippen molar-refractivity contribution in [3.63, 3.8) is 0 Å². The molecule has 1 rings (SSSR count). The van der Waals surface area contributed by atoms with Crippen LogP contribution in [0.25, 0.3) is 0 Å². The quantitative estimate of drug-likeness (QED) is 0.608. The van der Waals surface area contributed by atoms with Gasteiger partial charge in [-0.2, -0.15) is 0 Å². The number of carbonyl (C=O) groups excluding carboxylic acids is 1. The molecular formula is C13H19ClN2O2. The number of benzene rings is 1. The number of nitrogens with one attached hydrogen (secondary N) is 1. The van der Waals surface area contributed by atoms with Crippen LogP contribution in [-0.4, -0.2) is 39.0 Å². The molecule has 0 heterocycles. The van der Waals surface area contributed by atoms with Crippen molar-refractivity contribution in [1.29, 1.82) is 0 Å². The number of alkyl halides is 1. The fourth-order valence-electron chi connectivity index (χ4n) is 1.39. The monoisotopic (exact) mass is 270 g/mol. The summed E-state index contributed by atoms with van der Waals surface area (Å²) in [6.07, 6.45) is 0.345. The van der Waals surface area contributed by atoms with E-state index in [2.05, 4.69) is 5.32 Å². The second-order valence-electron chi connectivity index (χ2n) is 4.03. The van der Waals surface area contributed by atoms with Crippen LogP contribution in [0.5, 0.6) is 5.75 Å². The first-order valence-electron chi connectivity index (χ1n) is 5.86. The molecular weight excluding hydrogens is 252 g/mol. The molecule has 0 aliphatic carbocycles. The van der Waals surface area contributed by atoms with Crippen molar-refractivity contribution in [2.24, 2.45) is 0 Å². The molecule has 18 heavy (non-hydrogen) atoms. The average molecular weight is 271 g/mol. The average Bonchev–Trinajstić information content (AvgIpc) is 2.35. The highest BCUT2D eigenvalue weighted by Gasteiger charge is 2.00. The number of rotatable bonds is 7. The van der Waals surface area contributed by atoms with Gasteiger partial charge in [0.15, 0.2) is 0 Å². The Balaban J connectivity index is 2.31. The van der Waals surface area contributed by atoms with Crippen LogP contribution < -0.4 is 15.0 Å². The summed E-state index contributed by atoms with van der Waals surface area (Å²) in [6.45, 7) is 0.937. The summed E-state index contributed by atoms with van der Waals surface area (Å²) in [5, 5.41) is 2.73. The Bertz CT molecular complexity index is 383. The largest absolute Gasteiger partial charge is 0.492 e. The molecule has 0 spiro atoms. The molecule has 0 aliphatic heterocycles. The van der Waals surface area contributed by atoms with Crippen LogP contribution in [0.3, 0.4) is 0 Å². The first kappa shape index (κ1) is 14.6. The second-order valence-corrected chi connectivity index (χ2v) is 4.41. The number of hydrogen-bond donors (Lipinski definition) is 1. The predicted octanol–water partition coefficient (Wildman–Crippen LogP) is 1.88. The van der Waals surface area contributed by atoms with E-state index in [0.717, 1.165) is 11.4 Å². The van der Waals surface area contributed by atoms with E-state index in [1.165, 1.54) is 0 Å². The van der Waals surface area contributed by atoms with Crippen LogP contribution >= 0.6 is 11.6 Å². The van der Waals surface area contributed by atoms with E-state index < -0.39 is 0 Å². The van der Waals surface area contributed by atoms with Gasteiger partial charge in [-0.3, -0.25) is 4.79 Å². The van der Waals surface area contributed by atoms with Crippen molar-refractivity contribution >= 4 is 23.2 Å². The van der Waals surface area contributed by atoms with Crippen LogP contribution in [0.2, 0.25) is 0 Å². The minimum absolute atomic E-state index is 0.0457. The van der Waals surface area contributed by atoms with E-state index in [0.29, 0.717) is 25.5 Å². The van der Waals surface area contributed by atoms with E-state index in [1.54, 1.807) is 0 Å². The van der Waals surface area contributed by atoms with Crippen molar-refractivity contribution in [2.45, 2.75) is 6.42 Å². The Morgan fingerprint density at radius 2 is 2.22 bits per heavy atom. The highest BCUT2D eigenvalue weighted by atomic mass is 35.5. The molecule has 0 bridgehead atoms. The van der Waals surface area contributed by atoms with Gasteiger partial charge < -0.3 is 15.0 Å². The summed E-state index contributed by atoms with van der Waals surface area (Å²) >= 11 is 5.46. The molecule has 0 radical (unpaired) electrons. The van der Waals surface area contributed by atoms with Crippen LogP contribution in [0.1, 0.15) is 6.42 Å². The summed E-state index contributed by atoms with van der Waals surface area (Å²) in [5.74, 6) is 1.10. The summed E-state index contributed by atoms with van der Waals surface area (Å²) < 4.78 is 5.55. The number of nitrogens with zero attached hydrogens (tertiary/aromatic N) is 1. The van der Waals surface area contributed by atoms with Crippen molar-refractivity contribution < 1.29 is 9.53 Å². The van der Waals surface area contributed by atoms with Crippen LogP contribution in [0.4, 0.5) is 5.69 Å². The van der Waals surface area contributed by atoms with Crippen molar-refractivity contribution in [3.8, 4) is 5.75 Å². The molecule has 1 amide bonds.